The second-order valence-electron chi connectivity index (χ2n) is 3.65. The maximum Gasteiger partial charge on any atom is 0.319 e. The van der Waals surface area contributed by atoms with Crippen molar-refractivity contribution >= 4 is 27.6 Å². The molecule has 1 aromatic rings. The van der Waals surface area contributed by atoms with Gasteiger partial charge in [0, 0.05) is 10.2 Å². The summed E-state index contributed by atoms with van der Waals surface area (Å²) in [6.07, 6.45) is 0. The first-order chi connectivity index (χ1) is 7.52. The van der Waals surface area contributed by atoms with Gasteiger partial charge in [-0.25, -0.2) is 4.79 Å². The molecule has 0 aliphatic rings. The quantitative estimate of drug-likeness (QED) is 0.798. The highest BCUT2D eigenvalue weighted by Gasteiger charge is 2.06. The number of nitrogens with one attached hydrogen (secondary N) is 2. The number of hydrogen-bond acceptors (Lipinski definition) is 2. The van der Waals surface area contributed by atoms with Gasteiger partial charge in [0.15, 0.2) is 0 Å². The molecule has 1 unspecified atom stereocenters. The van der Waals surface area contributed by atoms with E-state index in [0.29, 0.717) is 0 Å². The van der Waals surface area contributed by atoms with E-state index in [-0.39, 0.29) is 18.7 Å². The summed E-state index contributed by atoms with van der Waals surface area (Å²) in [5.41, 5.74) is 1.77. The van der Waals surface area contributed by atoms with Gasteiger partial charge in [-0.1, -0.05) is 15.9 Å². The molecule has 1 atom stereocenters. The number of anilines is 1. The van der Waals surface area contributed by atoms with Gasteiger partial charge in [0.2, 0.25) is 0 Å². The summed E-state index contributed by atoms with van der Waals surface area (Å²) < 4.78 is 1.00. The number of aryl methyl sites for hydroxylation is 1. The zero-order valence-electron chi connectivity index (χ0n) is 9.25. The zero-order chi connectivity index (χ0) is 12.1. The van der Waals surface area contributed by atoms with Gasteiger partial charge >= 0.3 is 6.03 Å². The molecular formula is C11H15BrN2O2. The van der Waals surface area contributed by atoms with Gasteiger partial charge in [0.25, 0.3) is 0 Å². The Morgan fingerprint density at radius 2 is 2.25 bits per heavy atom. The average molecular weight is 287 g/mol. The van der Waals surface area contributed by atoms with Crippen molar-refractivity contribution in [1.82, 2.24) is 5.32 Å². The highest BCUT2D eigenvalue weighted by Crippen LogP contribution is 2.19. The molecule has 0 radical (unpaired) electrons. The van der Waals surface area contributed by atoms with Crippen LogP contribution in [0.15, 0.2) is 22.7 Å². The van der Waals surface area contributed by atoms with Gasteiger partial charge in [0.05, 0.1) is 12.6 Å². The fraction of sp³-hybridized carbons (Fsp3) is 0.364. The van der Waals surface area contributed by atoms with Crippen molar-refractivity contribution in [2.24, 2.45) is 0 Å². The van der Waals surface area contributed by atoms with Crippen LogP contribution in [0.1, 0.15) is 12.5 Å². The predicted octanol–water partition coefficient (Wildman–Crippen LogP) is 2.26. The third kappa shape index (κ3) is 3.83. The number of aliphatic hydroxyl groups is 1. The Bertz CT molecular complexity index is 382. The normalized spacial score (nSPS) is 12.0. The molecule has 0 spiro atoms. The number of urea groups is 1. The lowest BCUT2D eigenvalue weighted by molar-refractivity contribution is 0.229. The smallest absolute Gasteiger partial charge is 0.319 e. The zero-order valence-corrected chi connectivity index (χ0v) is 10.8. The number of carbonyl (C=O) groups excluding carboxylic acids is 1. The average Bonchev–Trinajstić information content (AvgIpc) is 2.23. The van der Waals surface area contributed by atoms with E-state index in [1.54, 1.807) is 13.0 Å². The van der Waals surface area contributed by atoms with Gasteiger partial charge in [0.1, 0.15) is 0 Å². The van der Waals surface area contributed by atoms with E-state index < -0.39 is 0 Å². The molecule has 0 aliphatic heterocycles. The van der Waals surface area contributed by atoms with Crippen molar-refractivity contribution in [2.45, 2.75) is 19.9 Å². The lowest BCUT2D eigenvalue weighted by atomic mass is 10.2. The number of benzene rings is 1. The van der Waals surface area contributed by atoms with Crippen LogP contribution >= 0.6 is 15.9 Å². The van der Waals surface area contributed by atoms with Crippen LogP contribution in [0.25, 0.3) is 0 Å². The van der Waals surface area contributed by atoms with E-state index in [2.05, 4.69) is 26.6 Å². The largest absolute Gasteiger partial charge is 0.394 e. The Kier molecular flexibility index (Phi) is 4.76. The van der Waals surface area contributed by atoms with Gasteiger partial charge in [-0.2, -0.15) is 0 Å². The maximum atomic E-state index is 11.4. The summed E-state index contributed by atoms with van der Waals surface area (Å²) in [5, 5.41) is 14.1. The van der Waals surface area contributed by atoms with E-state index in [4.69, 9.17) is 5.11 Å². The molecule has 0 saturated carbocycles. The van der Waals surface area contributed by atoms with E-state index in [9.17, 15) is 4.79 Å². The van der Waals surface area contributed by atoms with Gasteiger partial charge in [-0.05, 0) is 37.6 Å². The highest BCUT2D eigenvalue weighted by atomic mass is 79.9. The second-order valence-corrected chi connectivity index (χ2v) is 4.50. The van der Waals surface area contributed by atoms with Gasteiger partial charge in [-0.3, -0.25) is 0 Å². The molecule has 5 heteroatoms. The number of rotatable bonds is 3. The lowest BCUT2D eigenvalue weighted by Crippen LogP contribution is -2.38. The number of aliphatic hydroxyl groups excluding tert-OH is 1. The second kappa shape index (κ2) is 5.86. The van der Waals surface area contributed by atoms with Crippen LogP contribution in [0, 0.1) is 6.92 Å². The van der Waals surface area contributed by atoms with Crippen molar-refractivity contribution in [2.75, 3.05) is 11.9 Å². The third-order valence-electron chi connectivity index (χ3n) is 2.07. The SMILES string of the molecule is Cc1cc(NC(=O)NC(C)CO)ccc1Br. The molecule has 1 aromatic carbocycles. The molecule has 0 saturated heterocycles. The van der Waals surface area contributed by atoms with Crippen molar-refractivity contribution in [3.05, 3.63) is 28.2 Å². The van der Waals surface area contributed by atoms with Gasteiger partial charge in [-0.15, -0.1) is 0 Å². The summed E-state index contributed by atoms with van der Waals surface area (Å²) >= 11 is 3.39. The fourth-order valence-corrected chi connectivity index (χ4v) is 1.41. The van der Waals surface area contributed by atoms with Crippen LogP contribution in [-0.2, 0) is 0 Å². The first kappa shape index (κ1) is 13.0. The van der Waals surface area contributed by atoms with E-state index in [0.717, 1.165) is 15.7 Å². The summed E-state index contributed by atoms with van der Waals surface area (Å²) in [6, 6.07) is 4.98. The standard InChI is InChI=1S/C11H15BrN2O2/c1-7-5-9(3-4-10(7)12)14-11(16)13-8(2)6-15/h3-5,8,15H,6H2,1-2H3,(H2,13,14,16). The number of halogens is 1. The molecule has 0 heterocycles. The van der Waals surface area contributed by atoms with Gasteiger partial charge < -0.3 is 15.7 Å². The maximum absolute atomic E-state index is 11.4. The summed E-state index contributed by atoms with van der Waals surface area (Å²) in [5.74, 6) is 0. The Morgan fingerprint density at radius 1 is 1.56 bits per heavy atom. The number of carbonyl (C=O) groups is 1. The minimum Gasteiger partial charge on any atom is -0.394 e. The molecule has 0 bridgehead atoms. The molecule has 16 heavy (non-hydrogen) atoms. The highest BCUT2D eigenvalue weighted by molar-refractivity contribution is 9.10. The van der Waals surface area contributed by atoms with E-state index >= 15 is 0 Å². The summed E-state index contributed by atoms with van der Waals surface area (Å²) in [4.78, 5) is 11.4. The third-order valence-corrected chi connectivity index (χ3v) is 2.96. The fourth-order valence-electron chi connectivity index (χ4n) is 1.16. The molecular weight excluding hydrogens is 272 g/mol. The first-order valence-corrected chi connectivity index (χ1v) is 5.76. The topological polar surface area (TPSA) is 61.4 Å². The van der Waals surface area contributed by atoms with E-state index in [1.807, 2.05) is 19.1 Å². The number of amides is 2. The molecule has 0 fully saturated rings. The predicted molar refractivity (Wildman–Crippen MR) is 67.6 cm³/mol. The van der Waals surface area contributed by atoms with Crippen molar-refractivity contribution in [1.29, 1.82) is 0 Å². The van der Waals surface area contributed by atoms with Crippen molar-refractivity contribution in [3.8, 4) is 0 Å². The molecule has 2 amide bonds. The molecule has 0 aliphatic carbocycles. The van der Waals surface area contributed by atoms with Crippen LogP contribution in [0.2, 0.25) is 0 Å². The van der Waals surface area contributed by atoms with Crippen molar-refractivity contribution < 1.29 is 9.90 Å². The Morgan fingerprint density at radius 3 is 2.81 bits per heavy atom. The minimum absolute atomic E-state index is 0.0766. The van der Waals surface area contributed by atoms with Crippen molar-refractivity contribution in [3.63, 3.8) is 0 Å². The van der Waals surface area contributed by atoms with Crippen LogP contribution in [0.5, 0.6) is 0 Å². The molecule has 3 N–H and O–H groups in total. The Balaban J connectivity index is 2.59. The van der Waals surface area contributed by atoms with Crippen LogP contribution in [-0.4, -0.2) is 23.8 Å². The molecule has 4 nitrogen and oxygen atoms in total. The molecule has 1 rings (SSSR count). The molecule has 0 aromatic heterocycles. The minimum atomic E-state index is -0.316. The summed E-state index contributed by atoms with van der Waals surface area (Å²) in [7, 11) is 0. The van der Waals surface area contributed by atoms with Crippen LogP contribution in [0.4, 0.5) is 10.5 Å². The van der Waals surface area contributed by atoms with E-state index in [1.165, 1.54) is 0 Å². The Hall–Kier alpha value is -1.07. The van der Waals surface area contributed by atoms with Crippen LogP contribution in [0.3, 0.4) is 0 Å². The number of hydrogen-bond donors (Lipinski definition) is 3. The Labute approximate surface area is 103 Å². The first-order valence-electron chi connectivity index (χ1n) is 4.97. The van der Waals surface area contributed by atoms with Crippen LogP contribution < -0.4 is 10.6 Å². The lowest BCUT2D eigenvalue weighted by Gasteiger charge is -2.12. The molecule has 88 valence electrons. The monoisotopic (exact) mass is 286 g/mol. The summed E-state index contributed by atoms with van der Waals surface area (Å²) in [6.45, 7) is 3.60.